The summed E-state index contributed by atoms with van der Waals surface area (Å²) >= 11 is 1.36. The maximum atomic E-state index is 13.3. The highest BCUT2D eigenvalue weighted by atomic mass is 32.1. The third-order valence-electron chi connectivity index (χ3n) is 7.57. The Morgan fingerprint density at radius 2 is 1.70 bits per heavy atom. The number of amides is 1. The molecule has 226 valence electrons. The molecule has 0 radical (unpaired) electrons. The number of fused-ring (bicyclic) bond motifs is 1. The molecule has 9 nitrogen and oxygen atoms in total. The summed E-state index contributed by atoms with van der Waals surface area (Å²) < 4.78 is 0.973. The van der Waals surface area contributed by atoms with Crippen molar-refractivity contribution in [3.05, 3.63) is 94.3 Å². The predicted molar refractivity (Wildman–Crippen MR) is 171 cm³/mol. The Kier molecular flexibility index (Phi) is 11.3. The Bertz CT molecular complexity index is 1640. The second kappa shape index (κ2) is 15.5. The van der Waals surface area contributed by atoms with Crippen LogP contribution >= 0.6 is 11.3 Å². The van der Waals surface area contributed by atoms with Crippen molar-refractivity contribution in [2.75, 3.05) is 6.54 Å². The maximum absolute atomic E-state index is 13.3. The summed E-state index contributed by atoms with van der Waals surface area (Å²) in [5.41, 5.74) is 1.43. The van der Waals surface area contributed by atoms with Crippen LogP contribution in [0.5, 0.6) is 0 Å². The fraction of sp³-hybridized carbons (Fsp3) is 0.324. The fourth-order valence-corrected chi connectivity index (χ4v) is 6.27. The third kappa shape index (κ3) is 8.12. The molecule has 1 aliphatic rings. The highest BCUT2D eigenvalue weighted by Crippen LogP contribution is 2.26. The lowest BCUT2D eigenvalue weighted by atomic mass is 9.95. The number of rotatable bonds is 14. The summed E-state index contributed by atoms with van der Waals surface area (Å²) in [6.07, 6.45) is 2.55. The molecule has 3 unspecified atom stereocenters. The van der Waals surface area contributed by atoms with Crippen LogP contribution in [-0.2, 0) is 25.6 Å². The van der Waals surface area contributed by atoms with E-state index in [1.54, 1.807) is 5.94 Å². The van der Waals surface area contributed by atoms with E-state index in [1.807, 2.05) is 92.3 Å². The largest absolute Gasteiger partial charge is 0.379 e. The predicted octanol–water partition coefficient (Wildman–Crippen LogP) is 3.35. The van der Waals surface area contributed by atoms with Gasteiger partial charge in [0.2, 0.25) is 0 Å². The monoisotopic (exact) mass is 610 g/mol. The molecular weight excluding hydrogens is 576 g/mol. The quantitative estimate of drug-likeness (QED) is 0.204. The van der Waals surface area contributed by atoms with Crippen LogP contribution in [0.25, 0.3) is 10.1 Å². The topological polar surface area (TPSA) is 133 Å². The standard InChI is InChI=1S/C34H34N4O5S/c1-22(2)33(38-34(43)32-18-25-10-6-7-11-31(25)44-32)30(21-42)37-27(16-23-8-4-3-5-9-23)29(20-41)36-26(13-15-39)17-24-12-14-35-28(24)19-40/h3-11,13,18,22,24,26-27,33,35-37H,12,14,16-17H2,1-2H3,(H,38,43)/t24-,26?,27?,33?/m0/s1. The minimum absolute atomic E-state index is 0.0681. The lowest BCUT2D eigenvalue weighted by Gasteiger charge is -2.29. The first-order valence-corrected chi connectivity index (χ1v) is 15.2. The van der Waals surface area contributed by atoms with E-state index < -0.39 is 18.1 Å². The molecule has 1 aliphatic heterocycles. The van der Waals surface area contributed by atoms with Crippen LogP contribution in [0.3, 0.4) is 0 Å². The van der Waals surface area contributed by atoms with Gasteiger partial charge in [-0.25, -0.2) is 19.2 Å². The lowest BCUT2D eigenvalue weighted by Crippen LogP contribution is -2.49. The Morgan fingerprint density at radius 3 is 2.36 bits per heavy atom. The molecule has 4 N–H and O–H groups in total. The van der Waals surface area contributed by atoms with E-state index in [2.05, 4.69) is 21.3 Å². The third-order valence-corrected chi connectivity index (χ3v) is 8.68. The lowest BCUT2D eigenvalue weighted by molar-refractivity contribution is 0.0936. The van der Waals surface area contributed by atoms with E-state index in [0.29, 0.717) is 30.0 Å². The van der Waals surface area contributed by atoms with Crippen LogP contribution in [0.15, 0.2) is 83.8 Å². The zero-order valence-electron chi connectivity index (χ0n) is 24.5. The molecule has 0 spiro atoms. The average Bonchev–Trinajstić information content (AvgIpc) is 3.68. The van der Waals surface area contributed by atoms with Crippen LogP contribution in [0.4, 0.5) is 0 Å². The van der Waals surface area contributed by atoms with E-state index in [4.69, 9.17) is 0 Å². The molecule has 10 heteroatoms. The number of hydrogen-bond acceptors (Lipinski definition) is 9. The first kappa shape index (κ1) is 32.0. The van der Waals surface area contributed by atoms with Crippen LogP contribution in [0, 0.1) is 11.8 Å². The van der Waals surface area contributed by atoms with Gasteiger partial charge in [0.1, 0.15) is 35.2 Å². The van der Waals surface area contributed by atoms with Crippen molar-refractivity contribution >= 4 is 51.1 Å². The number of carbonyl (C=O) groups is 1. The number of benzene rings is 2. The minimum atomic E-state index is -0.792. The van der Waals surface area contributed by atoms with Crippen LogP contribution < -0.4 is 21.3 Å². The van der Waals surface area contributed by atoms with Crippen molar-refractivity contribution in [3.63, 3.8) is 0 Å². The molecule has 1 saturated heterocycles. The van der Waals surface area contributed by atoms with Gasteiger partial charge in [-0.15, -0.1) is 11.3 Å². The Hall–Kier alpha value is -4.93. The Morgan fingerprint density at radius 1 is 0.977 bits per heavy atom. The van der Waals surface area contributed by atoms with Crippen molar-refractivity contribution < 1.29 is 24.0 Å². The normalized spacial score (nSPS) is 15.9. The van der Waals surface area contributed by atoms with Crippen LogP contribution in [-0.4, -0.2) is 54.3 Å². The summed E-state index contributed by atoms with van der Waals surface area (Å²) in [5.74, 6) is 6.90. The van der Waals surface area contributed by atoms with Crippen LogP contribution in [0.2, 0.25) is 0 Å². The highest BCUT2D eigenvalue weighted by molar-refractivity contribution is 7.20. The summed E-state index contributed by atoms with van der Waals surface area (Å²) in [6.45, 7) is 4.35. The number of nitrogens with one attached hydrogen (secondary N) is 4. The number of carbonyl (C=O) groups excluding carboxylic acids is 5. The molecule has 0 saturated carbocycles. The Balaban J connectivity index is 1.59. The van der Waals surface area contributed by atoms with Crippen molar-refractivity contribution in [3.8, 4) is 0 Å². The fourth-order valence-electron chi connectivity index (χ4n) is 5.31. The van der Waals surface area contributed by atoms with Crippen molar-refractivity contribution in [2.24, 2.45) is 11.8 Å². The first-order chi connectivity index (χ1) is 21.4. The van der Waals surface area contributed by atoms with E-state index >= 15 is 0 Å². The number of thiophene rings is 1. The number of allylic oxidation sites excluding steroid dienone is 1. The van der Waals surface area contributed by atoms with Gasteiger partial charge >= 0.3 is 0 Å². The molecule has 1 aromatic heterocycles. The van der Waals surface area contributed by atoms with E-state index in [-0.39, 0.29) is 35.6 Å². The van der Waals surface area contributed by atoms with Gasteiger partial charge in [-0.1, -0.05) is 62.4 Å². The molecule has 0 aliphatic carbocycles. The molecule has 2 aromatic carbocycles. The smallest absolute Gasteiger partial charge is 0.261 e. The van der Waals surface area contributed by atoms with Crippen LogP contribution in [0.1, 0.15) is 41.9 Å². The summed E-state index contributed by atoms with van der Waals surface area (Å²) in [6, 6.07) is 16.7. The zero-order chi connectivity index (χ0) is 31.5. The van der Waals surface area contributed by atoms with Gasteiger partial charge in [0.15, 0.2) is 0 Å². The average molecular weight is 611 g/mol. The van der Waals surface area contributed by atoms with Crippen molar-refractivity contribution in [1.29, 1.82) is 0 Å². The van der Waals surface area contributed by atoms with E-state index in [9.17, 15) is 24.0 Å². The molecule has 1 fully saturated rings. The first-order valence-electron chi connectivity index (χ1n) is 14.4. The number of hydrogen-bond donors (Lipinski definition) is 4. The maximum Gasteiger partial charge on any atom is 0.261 e. The van der Waals surface area contributed by atoms with Gasteiger partial charge in [0.05, 0.1) is 28.7 Å². The van der Waals surface area contributed by atoms with Gasteiger partial charge in [-0.3, -0.25) is 4.79 Å². The zero-order valence-corrected chi connectivity index (χ0v) is 25.3. The van der Waals surface area contributed by atoms with E-state index in [0.717, 1.165) is 15.6 Å². The summed E-state index contributed by atoms with van der Waals surface area (Å²) in [7, 11) is 0. The molecule has 4 atom stereocenters. The van der Waals surface area contributed by atoms with Crippen molar-refractivity contribution in [2.45, 2.75) is 51.2 Å². The molecule has 4 rings (SSSR count). The van der Waals surface area contributed by atoms with Gasteiger partial charge in [0.25, 0.3) is 5.91 Å². The van der Waals surface area contributed by atoms with Crippen molar-refractivity contribution in [1.82, 2.24) is 21.3 Å². The SMILES string of the molecule is CC(C)C(NC(=O)c1cc2ccccc2s1)C(=C=O)NC(Cc1ccccc1)C(=C=O)NC(C=C=O)C[C@@H]1CCNC1=C=O. The molecule has 1 amide bonds. The molecule has 0 bridgehead atoms. The summed E-state index contributed by atoms with van der Waals surface area (Å²) in [4.78, 5) is 61.4. The Labute approximate surface area is 259 Å². The van der Waals surface area contributed by atoms with Gasteiger partial charge in [-0.2, -0.15) is 0 Å². The molecule has 44 heavy (non-hydrogen) atoms. The molecule has 3 aromatic rings. The summed E-state index contributed by atoms with van der Waals surface area (Å²) in [5, 5.41) is 13.2. The highest BCUT2D eigenvalue weighted by Gasteiger charge is 2.30. The minimum Gasteiger partial charge on any atom is -0.379 e. The van der Waals surface area contributed by atoms with Gasteiger partial charge in [0, 0.05) is 23.2 Å². The molecular formula is C34H34N4O5S. The second-order valence-electron chi connectivity index (χ2n) is 11.0. The second-order valence-corrected chi connectivity index (χ2v) is 12.0. The van der Waals surface area contributed by atoms with E-state index in [1.165, 1.54) is 17.4 Å². The molecule has 2 heterocycles. The van der Waals surface area contributed by atoms with Gasteiger partial charge in [-0.05, 0) is 48.3 Å². The van der Waals surface area contributed by atoms with Gasteiger partial charge < -0.3 is 21.3 Å².